The SMILES string of the molecule is CN(C)c1ccc(-c2nnc(SCc3csc(-c4ccccc4Cl)n3)n2C)cc1. The van der Waals surface area contributed by atoms with Crippen LogP contribution in [0.15, 0.2) is 59.1 Å². The lowest BCUT2D eigenvalue weighted by atomic mass is 10.2. The minimum Gasteiger partial charge on any atom is -0.378 e. The summed E-state index contributed by atoms with van der Waals surface area (Å²) in [6, 6.07) is 16.1. The van der Waals surface area contributed by atoms with Crippen molar-refractivity contribution in [2.24, 2.45) is 7.05 Å². The minimum absolute atomic E-state index is 0.722. The van der Waals surface area contributed by atoms with E-state index >= 15 is 0 Å². The predicted molar refractivity (Wildman–Crippen MR) is 123 cm³/mol. The van der Waals surface area contributed by atoms with Crippen molar-refractivity contribution < 1.29 is 0 Å². The average Bonchev–Trinajstić information content (AvgIpc) is 3.33. The number of hydrogen-bond acceptors (Lipinski definition) is 6. The van der Waals surface area contributed by atoms with Crippen molar-refractivity contribution in [3.05, 3.63) is 64.6 Å². The van der Waals surface area contributed by atoms with Crippen molar-refractivity contribution in [2.45, 2.75) is 10.9 Å². The zero-order chi connectivity index (χ0) is 20.4. The Morgan fingerprint density at radius 2 is 1.83 bits per heavy atom. The number of thiazole rings is 1. The van der Waals surface area contributed by atoms with Gasteiger partial charge in [0.25, 0.3) is 0 Å². The van der Waals surface area contributed by atoms with Gasteiger partial charge in [0.1, 0.15) is 5.01 Å². The van der Waals surface area contributed by atoms with E-state index in [1.165, 1.54) is 0 Å². The molecule has 0 fully saturated rings. The molecule has 4 aromatic rings. The molecule has 0 aliphatic heterocycles. The van der Waals surface area contributed by atoms with Gasteiger partial charge in [0.15, 0.2) is 11.0 Å². The fourth-order valence-electron chi connectivity index (χ4n) is 2.87. The van der Waals surface area contributed by atoms with Crippen LogP contribution < -0.4 is 4.90 Å². The lowest BCUT2D eigenvalue weighted by molar-refractivity contribution is 0.793. The fourth-order valence-corrected chi connectivity index (χ4v) is 4.92. The summed E-state index contributed by atoms with van der Waals surface area (Å²) >= 11 is 9.52. The Hall–Kier alpha value is -2.35. The topological polar surface area (TPSA) is 46.8 Å². The highest BCUT2D eigenvalue weighted by atomic mass is 35.5. The summed E-state index contributed by atoms with van der Waals surface area (Å²) in [6.45, 7) is 0. The number of aromatic nitrogens is 4. The molecule has 5 nitrogen and oxygen atoms in total. The molecule has 0 saturated heterocycles. The van der Waals surface area contributed by atoms with Gasteiger partial charge in [-0.25, -0.2) is 4.98 Å². The standard InChI is InChI=1S/C21H20ClN5S2/c1-26(2)16-10-8-14(9-11-16)19-24-25-21(27(19)3)29-13-15-12-28-20(23-15)17-6-4-5-7-18(17)22/h4-12H,13H2,1-3H3. The van der Waals surface area contributed by atoms with E-state index in [0.717, 1.165) is 49.3 Å². The first-order valence-electron chi connectivity index (χ1n) is 9.02. The van der Waals surface area contributed by atoms with Crippen molar-refractivity contribution in [2.75, 3.05) is 19.0 Å². The molecule has 0 unspecified atom stereocenters. The summed E-state index contributed by atoms with van der Waals surface area (Å²) < 4.78 is 2.02. The van der Waals surface area contributed by atoms with E-state index in [9.17, 15) is 0 Å². The zero-order valence-electron chi connectivity index (χ0n) is 16.3. The second kappa shape index (κ2) is 8.57. The summed E-state index contributed by atoms with van der Waals surface area (Å²) in [6.07, 6.45) is 0. The maximum Gasteiger partial charge on any atom is 0.191 e. The van der Waals surface area contributed by atoms with Crippen molar-refractivity contribution in [3.63, 3.8) is 0 Å². The van der Waals surface area contributed by atoms with Gasteiger partial charge >= 0.3 is 0 Å². The summed E-state index contributed by atoms with van der Waals surface area (Å²) in [7, 11) is 6.05. The fraction of sp³-hybridized carbons (Fsp3) is 0.190. The number of anilines is 1. The van der Waals surface area contributed by atoms with Crippen LogP contribution in [-0.4, -0.2) is 33.8 Å². The van der Waals surface area contributed by atoms with Crippen LogP contribution >= 0.6 is 34.7 Å². The van der Waals surface area contributed by atoms with Crippen LogP contribution in [0.1, 0.15) is 5.69 Å². The van der Waals surface area contributed by atoms with Crippen molar-refractivity contribution >= 4 is 40.4 Å². The molecular formula is C21H20ClN5S2. The highest BCUT2D eigenvalue weighted by Crippen LogP contribution is 2.32. The zero-order valence-corrected chi connectivity index (χ0v) is 18.7. The Kier molecular flexibility index (Phi) is 5.89. The number of nitrogens with zero attached hydrogens (tertiary/aromatic N) is 5. The lowest BCUT2D eigenvalue weighted by Gasteiger charge is -2.12. The lowest BCUT2D eigenvalue weighted by Crippen LogP contribution is -2.08. The largest absolute Gasteiger partial charge is 0.378 e. The highest BCUT2D eigenvalue weighted by molar-refractivity contribution is 7.98. The molecule has 0 aliphatic rings. The van der Waals surface area contributed by atoms with E-state index in [2.05, 4.69) is 44.7 Å². The first kappa shape index (κ1) is 19.9. The molecule has 0 bridgehead atoms. The molecule has 0 N–H and O–H groups in total. The van der Waals surface area contributed by atoms with Gasteiger partial charge in [0.2, 0.25) is 0 Å². The first-order chi connectivity index (χ1) is 14.0. The summed E-state index contributed by atoms with van der Waals surface area (Å²) in [5.74, 6) is 1.58. The van der Waals surface area contributed by atoms with Gasteiger partial charge in [-0.15, -0.1) is 21.5 Å². The van der Waals surface area contributed by atoms with Crippen molar-refractivity contribution in [3.8, 4) is 22.0 Å². The molecule has 148 valence electrons. The molecule has 0 aliphatic carbocycles. The molecule has 8 heteroatoms. The molecule has 0 saturated carbocycles. The van der Waals surface area contributed by atoms with Gasteiger partial charge in [-0.1, -0.05) is 41.6 Å². The van der Waals surface area contributed by atoms with E-state index in [1.54, 1.807) is 23.1 Å². The van der Waals surface area contributed by atoms with Crippen LogP contribution in [0, 0.1) is 0 Å². The Bertz CT molecular complexity index is 1120. The Morgan fingerprint density at radius 1 is 1.07 bits per heavy atom. The van der Waals surface area contributed by atoms with Crippen molar-refractivity contribution in [1.29, 1.82) is 0 Å². The first-order valence-corrected chi connectivity index (χ1v) is 11.3. The highest BCUT2D eigenvalue weighted by Gasteiger charge is 2.13. The molecular weight excluding hydrogens is 422 g/mol. The number of hydrogen-bond donors (Lipinski definition) is 0. The normalized spacial score (nSPS) is 11.0. The van der Waals surface area contributed by atoms with E-state index in [-0.39, 0.29) is 0 Å². The van der Waals surface area contributed by atoms with E-state index in [1.807, 2.05) is 50.0 Å². The Labute approximate surface area is 183 Å². The third-order valence-corrected chi connectivity index (χ3v) is 6.79. The van der Waals surface area contributed by atoms with Crippen LogP contribution in [-0.2, 0) is 12.8 Å². The number of benzene rings is 2. The molecule has 2 heterocycles. The third kappa shape index (κ3) is 4.32. The third-order valence-electron chi connectivity index (χ3n) is 4.48. The molecule has 29 heavy (non-hydrogen) atoms. The Morgan fingerprint density at radius 3 is 2.55 bits per heavy atom. The van der Waals surface area contributed by atoms with Crippen LogP contribution in [0.5, 0.6) is 0 Å². The molecule has 2 aromatic carbocycles. The molecule has 0 spiro atoms. The van der Waals surface area contributed by atoms with Gasteiger partial charge in [-0.2, -0.15) is 0 Å². The van der Waals surface area contributed by atoms with Crippen molar-refractivity contribution in [1.82, 2.24) is 19.7 Å². The van der Waals surface area contributed by atoms with Gasteiger partial charge in [0.05, 0.1) is 10.7 Å². The smallest absolute Gasteiger partial charge is 0.191 e. The molecule has 0 amide bonds. The quantitative estimate of drug-likeness (QED) is 0.363. The van der Waals surface area contributed by atoms with Crippen LogP contribution in [0.3, 0.4) is 0 Å². The van der Waals surface area contributed by atoms with Gasteiger partial charge in [-0.05, 0) is 30.3 Å². The molecule has 0 radical (unpaired) electrons. The van der Waals surface area contributed by atoms with Crippen LogP contribution in [0.2, 0.25) is 5.02 Å². The monoisotopic (exact) mass is 441 g/mol. The van der Waals surface area contributed by atoms with E-state index < -0.39 is 0 Å². The molecule has 2 aromatic heterocycles. The minimum atomic E-state index is 0.722. The molecule has 4 rings (SSSR count). The predicted octanol–water partition coefficient (Wildman–Crippen LogP) is 5.62. The Balaban J connectivity index is 1.47. The van der Waals surface area contributed by atoms with E-state index in [4.69, 9.17) is 16.6 Å². The summed E-state index contributed by atoms with van der Waals surface area (Å²) in [5.41, 5.74) is 4.18. The van der Waals surface area contributed by atoms with Crippen LogP contribution in [0.4, 0.5) is 5.69 Å². The number of rotatable bonds is 6. The number of thioether (sulfide) groups is 1. The average molecular weight is 442 g/mol. The van der Waals surface area contributed by atoms with Gasteiger partial charge in [0, 0.05) is 49.1 Å². The number of halogens is 1. The van der Waals surface area contributed by atoms with E-state index in [0.29, 0.717) is 0 Å². The van der Waals surface area contributed by atoms with Gasteiger partial charge in [-0.3, -0.25) is 0 Å². The maximum absolute atomic E-state index is 6.29. The second-order valence-electron chi connectivity index (χ2n) is 6.72. The summed E-state index contributed by atoms with van der Waals surface area (Å²) in [5, 5.41) is 13.3. The molecule has 0 atom stereocenters. The maximum atomic E-state index is 6.29. The summed E-state index contributed by atoms with van der Waals surface area (Å²) in [4.78, 5) is 6.80. The van der Waals surface area contributed by atoms with Gasteiger partial charge < -0.3 is 9.47 Å². The van der Waals surface area contributed by atoms with Crippen LogP contribution in [0.25, 0.3) is 22.0 Å². The second-order valence-corrected chi connectivity index (χ2v) is 8.93.